The molecule has 0 unspecified atom stereocenters. The highest BCUT2D eigenvalue weighted by molar-refractivity contribution is 8.26. The van der Waals surface area contributed by atoms with E-state index in [9.17, 15) is 19.5 Å². The van der Waals surface area contributed by atoms with E-state index in [1.165, 1.54) is 17.0 Å². The van der Waals surface area contributed by atoms with Gasteiger partial charge in [0.25, 0.3) is 5.91 Å². The number of amides is 2. The number of hydrogen-bond donors (Lipinski definition) is 2. The van der Waals surface area contributed by atoms with Crippen LogP contribution in [0.4, 0.5) is 5.69 Å². The van der Waals surface area contributed by atoms with Crippen LogP contribution in [0.1, 0.15) is 22.3 Å². The predicted molar refractivity (Wildman–Crippen MR) is 119 cm³/mol. The number of nitrogens with zero attached hydrogens (tertiary/aromatic N) is 1. The lowest BCUT2D eigenvalue weighted by atomic mass is 10.1. The number of thiocarbonyl (C=S) groups is 1. The Kier molecular flexibility index (Phi) is 5.92. The highest BCUT2D eigenvalue weighted by Crippen LogP contribution is 2.36. The zero-order valence-electron chi connectivity index (χ0n) is 16.0. The van der Waals surface area contributed by atoms with Gasteiger partial charge in [-0.05, 0) is 35.9 Å². The van der Waals surface area contributed by atoms with Crippen molar-refractivity contribution >= 4 is 57.8 Å². The molecule has 10 heteroatoms. The van der Waals surface area contributed by atoms with Gasteiger partial charge in [-0.2, -0.15) is 0 Å². The first-order valence-electron chi connectivity index (χ1n) is 9.19. The summed E-state index contributed by atoms with van der Waals surface area (Å²) in [5.41, 5.74) is 0.967. The molecule has 0 radical (unpaired) electrons. The highest BCUT2D eigenvalue weighted by atomic mass is 32.2. The molecule has 2 aliphatic rings. The molecule has 2 aromatic carbocycles. The first-order chi connectivity index (χ1) is 14.9. The lowest BCUT2D eigenvalue weighted by molar-refractivity contribution is -0.122. The van der Waals surface area contributed by atoms with Crippen molar-refractivity contribution in [3.8, 4) is 11.5 Å². The first kappa shape index (κ1) is 20.9. The number of carbonyl (C=O) groups excluding carboxylic acids is 2. The molecular weight excluding hydrogens is 440 g/mol. The summed E-state index contributed by atoms with van der Waals surface area (Å²) in [5.74, 6) is -0.571. The number of fused-ring (bicyclic) bond motifs is 1. The Labute approximate surface area is 186 Å². The largest absolute Gasteiger partial charge is 0.478 e. The third kappa shape index (κ3) is 4.54. The van der Waals surface area contributed by atoms with E-state index in [-0.39, 0.29) is 36.9 Å². The quantitative estimate of drug-likeness (QED) is 0.504. The second kappa shape index (κ2) is 8.78. The van der Waals surface area contributed by atoms with Gasteiger partial charge in [0.1, 0.15) is 4.32 Å². The summed E-state index contributed by atoms with van der Waals surface area (Å²) in [6.07, 6.45) is 1.68. The molecule has 2 amide bonds. The maximum absolute atomic E-state index is 12.8. The van der Waals surface area contributed by atoms with Gasteiger partial charge in [-0.15, -0.1) is 0 Å². The fourth-order valence-corrected chi connectivity index (χ4v) is 4.36. The average Bonchev–Trinajstić information content (AvgIpc) is 3.31. The molecule has 0 saturated carbocycles. The number of aromatic carboxylic acids is 1. The number of carbonyl (C=O) groups is 3. The molecule has 2 aromatic rings. The molecule has 158 valence electrons. The van der Waals surface area contributed by atoms with Gasteiger partial charge >= 0.3 is 5.97 Å². The summed E-state index contributed by atoms with van der Waals surface area (Å²) in [5, 5.41) is 11.8. The number of ether oxygens (including phenoxy) is 2. The van der Waals surface area contributed by atoms with Gasteiger partial charge in [-0.1, -0.05) is 42.2 Å². The van der Waals surface area contributed by atoms with E-state index >= 15 is 0 Å². The molecule has 1 saturated heterocycles. The molecule has 4 rings (SSSR count). The number of benzene rings is 2. The Balaban J connectivity index is 1.39. The second-order valence-electron chi connectivity index (χ2n) is 6.59. The van der Waals surface area contributed by atoms with Crippen molar-refractivity contribution in [3.63, 3.8) is 0 Å². The topological polar surface area (TPSA) is 105 Å². The standard InChI is InChI=1S/C21H16N2O6S2/c24-18(22-14-4-2-1-3-13(14)20(26)27)7-8-23-19(25)17(31-21(23)30)10-12-5-6-15-16(9-12)29-11-28-15/h1-6,9-10H,7-8,11H2,(H,22,24)(H,26,27)/b17-10-. The van der Waals surface area contributed by atoms with Crippen molar-refractivity contribution in [2.45, 2.75) is 6.42 Å². The Bertz CT molecular complexity index is 1130. The van der Waals surface area contributed by atoms with Gasteiger partial charge in [0.05, 0.1) is 16.2 Å². The number of thioether (sulfide) groups is 1. The molecule has 1 fully saturated rings. The van der Waals surface area contributed by atoms with Crippen LogP contribution in [0.2, 0.25) is 0 Å². The summed E-state index contributed by atoms with van der Waals surface area (Å²) in [6, 6.07) is 11.5. The summed E-state index contributed by atoms with van der Waals surface area (Å²) < 4.78 is 11.0. The fourth-order valence-electron chi connectivity index (χ4n) is 3.05. The Hall–Kier alpha value is -3.37. The van der Waals surface area contributed by atoms with Crippen LogP contribution in [0.25, 0.3) is 6.08 Å². The number of carboxylic acid groups (broad SMARTS) is 1. The van der Waals surface area contributed by atoms with E-state index in [1.54, 1.807) is 30.3 Å². The molecule has 0 bridgehead atoms. The van der Waals surface area contributed by atoms with Crippen molar-refractivity contribution in [1.29, 1.82) is 0 Å². The predicted octanol–water partition coefficient (Wildman–Crippen LogP) is 3.34. The average molecular weight is 457 g/mol. The summed E-state index contributed by atoms with van der Waals surface area (Å²) in [6.45, 7) is 0.254. The molecular formula is C21H16N2O6S2. The van der Waals surface area contributed by atoms with Crippen molar-refractivity contribution in [3.05, 3.63) is 58.5 Å². The maximum atomic E-state index is 12.8. The third-order valence-corrected chi connectivity index (χ3v) is 5.94. The monoisotopic (exact) mass is 456 g/mol. The van der Waals surface area contributed by atoms with Crippen molar-refractivity contribution in [2.75, 3.05) is 18.7 Å². The number of rotatable bonds is 6. The third-order valence-electron chi connectivity index (χ3n) is 4.56. The van der Waals surface area contributed by atoms with Crippen molar-refractivity contribution < 1.29 is 29.0 Å². The van der Waals surface area contributed by atoms with Gasteiger partial charge in [0.2, 0.25) is 12.7 Å². The van der Waals surface area contributed by atoms with E-state index in [0.717, 1.165) is 17.3 Å². The van der Waals surface area contributed by atoms with Gasteiger partial charge < -0.3 is 19.9 Å². The molecule has 0 atom stereocenters. The van der Waals surface area contributed by atoms with Gasteiger partial charge in [0.15, 0.2) is 11.5 Å². The number of hydrogen-bond acceptors (Lipinski definition) is 7. The molecule has 31 heavy (non-hydrogen) atoms. The molecule has 0 aliphatic carbocycles. The zero-order chi connectivity index (χ0) is 22.0. The lowest BCUT2D eigenvalue weighted by Gasteiger charge is -2.14. The van der Waals surface area contributed by atoms with Crippen LogP contribution in [-0.4, -0.2) is 45.4 Å². The fraction of sp³-hybridized carbons (Fsp3) is 0.143. The molecule has 2 heterocycles. The minimum atomic E-state index is -1.14. The zero-order valence-corrected chi connectivity index (χ0v) is 17.6. The van der Waals surface area contributed by atoms with E-state index in [1.807, 2.05) is 6.07 Å². The number of anilines is 1. The molecule has 0 aromatic heterocycles. The molecule has 0 spiro atoms. The van der Waals surface area contributed by atoms with Crippen LogP contribution in [0.3, 0.4) is 0 Å². The van der Waals surface area contributed by atoms with Crippen LogP contribution in [0.5, 0.6) is 11.5 Å². The molecule has 2 aliphatic heterocycles. The van der Waals surface area contributed by atoms with Crippen molar-refractivity contribution in [2.24, 2.45) is 0 Å². The van der Waals surface area contributed by atoms with Crippen LogP contribution in [-0.2, 0) is 9.59 Å². The smallest absolute Gasteiger partial charge is 0.337 e. The first-order valence-corrected chi connectivity index (χ1v) is 10.4. The summed E-state index contributed by atoms with van der Waals surface area (Å²) in [4.78, 5) is 38.1. The van der Waals surface area contributed by atoms with Crippen LogP contribution in [0, 0.1) is 0 Å². The van der Waals surface area contributed by atoms with E-state index in [4.69, 9.17) is 21.7 Å². The number of carboxylic acids is 1. The number of nitrogens with one attached hydrogen (secondary N) is 1. The normalized spacial score (nSPS) is 16.1. The summed E-state index contributed by atoms with van der Waals surface area (Å²) >= 11 is 6.46. The van der Waals surface area contributed by atoms with Crippen LogP contribution < -0.4 is 14.8 Å². The molecule has 2 N–H and O–H groups in total. The van der Waals surface area contributed by atoms with Crippen LogP contribution >= 0.6 is 24.0 Å². The molecule has 8 nitrogen and oxygen atoms in total. The van der Waals surface area contributed by atoms with Crippen LogP contribution in [0.15, 0.2) is 47.4 Å². The van der Waals surface area contributed by atoms with E-state index < -0.39 is 11.9 Å². The lowest BCUT2D eigenvalue weighted by Crippen LogP contribution is -2.31. The van der Waals surface area contributed by atoms with Gasteiger partial charge in [-0.3, -0.25) is 14.5 Å². The highest BCUT2D eigenvalue weighted by Gasteiger charge is 2.32. The van der Waals surface area contributed by atoms with Crippen molar-refractivity contribution in [1.82, 2.24) is 4.90 Å². The SMILES string of the molecule is O=C(CCN1C(=O)/C(=C/c2ccc3c(c2)OCO3)SC1=S)Nc1ccccc1C(=O)O. The minimum absolute atomic E-state index is 0.00637. The Morgan fingerprint density at radius 1 is 1.19 bits per heavy atom. The van der Waals surface area contributed by atoms with Gasteiger partial charge in [-0.25, -0.2) is 4.79 Å². The Morgan fingerprint density at radius 3 is 2.77 bits per heavy atom. The van der Waals surface area contributed by atoms with Gasteiger partial charge in [0, 0.05) is 13.0 Å². The van der Waals surface area contributed by atoms with E-state index in [2.05, 4.69) is 5.32 Å². The van der Waals surface area contributed by atoms with E-state index in [0.29, 0.717) is 20.7 Å². The Morgan fingerprint density at radius 2 is 1.97 bits per heavy atom. The number of para-hydroxylation sites is 1. The second-order valence-corrected chi connectivity index (χ2v) is 8.27. The summed E-state index contributed by atoms with van der Waals surface area (Å²) in [7, 11) is 0. The maximum Gasteiger partial charge on any atom is 0.337 e. The minimum Gasteiger partial charge on any atom is -0.478 e.